The highest BCUT2D eigenvalue weighted by Gasteiger charge is 2.59. The average Bonchev–Trinajstić information content (AvgIpc) is 2.53. The summed E-state index contributed by atoms with van der Waals surface area (Å²) < 4.78 is 5.19. The van der Waals surface area contributed by atoms with Crippen molar-refractivity contribution < 1.29 is 19.4 Å². The third-order valence-electron chi connectivity index (χ3n) is 3.57. The molecule has 1 unspecified atom stereocenters. The van der Waals surface area contributed by atoms with Gasteiger partial charge < -0.3 is 15.2 Å². The molecule has 0 spiro atoms. The van der Waals surface area contributed by atoms with E-state index in [0.717, 1.165) is 12.8 Å². The molecule has 0 aromatic rings. The van der Waals surface area contributed by atoms with Crippen LogP contribution in [-0.4, -0.2) is 28.3 Å². The van der Waals surface area contributed by atoms with Crippen molar-refractivity contribution >= 4 is 12.1 Å². The first-order chi connectivity index (χ1) is 7.71. The van der Waals surface area contributed by atoms with Gasteiger partial charge in [0.05, 0.1) is 5.92 Å². The highest BCUT2D eigenvalue weighted by molar-refractivity contribution is 5.74. The summed E-state index contributed by atoms with van der Waals surface area (Å²) in [5.41, 5.74) is -0.843. The number of rotatable bonds is 2. The Labute approximate surface area is 101 Å². The van der Waals surface area contributed by atoms with Gasteiger partial charge in [-0.2, -0.15) is 0 Å². The number of carbonyl (C=O) groups excluding carboxylic acids is 1. The minimum Gasteiger partial charge on any atom is -0.481 e. The van der Waals surface area contributed by atoms with E-state index in [2.05, 4.69) is 5.32 Å². The van der Waals surface area contributed by atoms with Gasteiger partial charge in [-0.25, -0.2) is 4.79 Å². The van der Waals surface area contributed by atoms with Crippen molar-refractivity contribution in [3.63, 3.8) is 0 Å². The largest absolute Gasteiger partial charge is 0.481 e. The molecule has 1 atom stereocenters. The van der Waals surface area contributed by atoms with Gasteiger partial charge in [0.25, 0.3) is 0 Å². The fourth-order valence-corrected chi connectivity index (χ4v) is 2.94. The Morgan fingerprint density at radius 3 is 2.29 bits per heavy atom. The van der Waals surface area contributed by atoms with E-state index in [4.69, 9.17) is 9.84 Å². The topological polar surface area (TPSA) is 75.6 Å². The van der Waals surface area contributed by atoms with Crippen LogP contribution in [0, 0.1) is 11.8 Å². The van der Waals surface area contributed by atoms with E-state index < -0.39 is 17.7 Å². The van der Waals surface area contributed by atoms with Crippen molar-refractivity contribution in [3.8, 4) is 0 Å². The highest BCUT2D eigenvalue weighted by atomic mass is 16.6. The number of ether oxygens (including phenoxy) is 1. The van der Waals surface area contributed by atoms with E-state index in [9.17, 15) is 9.59 Å². The molecule has 3 fully saturated rings. The molecule has 3 aliphatic carbocycles. The van der Waals surface area contributed by atoms with E-state index in [-0.39, 0.29) is 17.4 Å². The van der Waals surface area contributed by atoms with Crippen molar-refractivity contribution in [1.29, 1.82) is 0 Å². The van der Waals surface area contributed by atoms with E-state index in [0.29, 0.717) is 6.42 Å². The van der Waals surface area contributed by atoms with E-state index in [1.165, 1.54) is 0 Å². The number of carboxylic acid groups (broad SMARTS) is 1. The fraction of sp³-hybridized carbons (Fsp3) is 0.833. The van der Waals surface area contributed by atoms with Crippen LogP contribution in [0.25, 0.3) is 0 Å². The van der Waals surface area contributed by atoms with Crippen LogP contribution in [0.1, 0.15) is 40.0 Å². The molecule has 96 valence electrons. The molecule has 1 amide bonds. The molecule has 2 bridgehead atoms. The average molecular weight is 241 g/mol. The number of carbonyl (C=O) groups is 2. The van der Waals surface area contributed by atoms with Gasteiger partial charge in [0, 0.05) is 5.54 Å². The summed E-state index contributed by atoms with van der Waals surface area (Å²) in [5.74, 6) is -0.826. The Morgan fingerprint density at radius 1 is 1.29 bits per heavy atom. The van der Waals surface area contributed by atoms with Crippen LogP contribution in [0.4, 0.5) is 4.79 Å². The summed E-state index contributed by atoms with van der Waals surface area (Å²) in [6.07, 6.45) is 1.63. The molecule has 2 N–H and O–H groups in total. The molecule has 17 heavy (non-hydrogen) atoms. The summed E-state index contributed by atoms with van der Waals surface area (Å²) in [7, 11) is 0. The summed E-state index contributed by atoms with van der Waals surface area (Å²) in [6.45, 7) is 5.42. The van der Waals surface area contributed by atoms with Crippen molar-refractivity contribution in [1.82, 2.24) is 5.32 Å². The fourth-order valence-electron chi connectivity index (χ4n) is 2.94. The zero-order chi connectivity index (χ0) is 12.8. The van der Waals surface area contributed by atoms with Crippen molar-refractivity contribution in [2.24, 2.45) is 11.8 Å². The molecule has 0 radical (unpaired) electrons. The Morgan fingerprint density at radius 2 is 1.88 bits per heavy atom. The number of aliphatic carboxylic acids is 1. The molecule has 0 aromatic carbocycles. The summed E-state index contributed by atoms with van der Waals surface area (Å²) >= 11 is 0. The number of amides is 1. The minimum absolute atomic E-state index is 0.224. The second-order valence-corrected chi connectivity index (χ2v) is 6.22. The first-order valence-corrected chi connectivity index (χ1v) is 5.95. The van der Waals surface area contributed by atoms with E-state index >= 15 is 0 Å². The molecule has 3 saturated carbocycles. The number of carboxylic acids is 1. The Kier molecular flexibility index (Phi) is 2.60. The normalized spacial score (nSPS) is 35.0. The lowest BCUT2D eigenvalue weighted by Crippen LogP contribution is -2.53. The van der Waals surface area contributed by atoms with Crippen molar-refractivity contribution in [3.05, 3.63) is 0 Å². The third kappa shape index (κ3) is 2.37. The molecule has 0 aromatic heterocycles. The lowest BCUT2D eigenvalue weighted by molar-refractivity contribution is -0.142. The molecule has 0 aliphatic heterocycles. The number of alkyl carbamates (subject to hydrolysis) is 1. The number of nitrogens with one attached hydrogen (secondary N) is 1. The van der Waals surface area contributed by atoms with E-state index in [1.54, 1.807) is 0 Å². The lowest BCUT2D eigenvalue weighted by Gasteiger charge is -2.39. The van der Waals surface area contributed by atoms with Gasteiger partial charge >= 0.3 is 12.1 Å². The van der Waals surface area contributed by atoms with Gasteiger partial charge in [-0.3, -0.25) is 4.79 Å². The Hall–Kier alpha value is -1.26. The maximum atomic E-state index is 11.6. The maximum Gasteiger partial charge on any atom is 0.408 e. The molecule has 3 rings (SSSR count). The molecule has 0 heterocycles. The molecular weight excluding hydrogens is 222 g/mol. The van der Waals surface area contributed by atoms with Gasteiger partial charge in [-0.15, -0.1) is 0 Å². The standard InChI is InChI=1S/C12H19NO4/c1-11(2,3)17-10(16)13-12-4-7(5-12)8(6-12)9(14)15/h7-8H,4-6H2,1-3H3,(H,13,16)(H,14,15). The van der Waals surface area contributed by atoms with Crippen LogP contribution < -0.4 is 5.32 Å². The minimum atomic E-state index is -0.750. The second-order valence-electron chi connectivity index (χ2n) is 6.22. The molecular formula is C12H19NO4. The molecule has 5 nitrogen and oxygen atoms in total. The summed E-state index contributed by atoms with van der Waals surface area (Å²) in [6, 6.07) is 0. The van der Waals surface area contributed by atoms with Crippen LogP contribution in [0.3, 0.4) is 0 Å². The van der Waals surface area contributed by atoms with Gasteiger partial charge in [0.15, 0.2) is 0 Å². The lowest BCUT2D eigenvalue weighted by atomic mass is 9.76. The third-order valence-corrected chi connectivity index (χ3v) is 3.57. The second kappa shape index (κ2) is 3.62. The Bertz CT molecular complexity index is 352. The molecule has 3 aliphatic rings. The summed E-state index contributed by atoms with van der Waals surface area (Å²) in [4.78, 5) is 22.6. The zero-order valence-electron chi connectivity index (χ0n) is 10.4. The van der Waals surface area contributed by atoms with Gasteiger partial charge in [0.1, 0.15) is 5.60 Å². The van der Waals surface area contributed by atoms with Crippen LogP contribution >= 0.6 is 0 Å². The number of fused-ring (bicyclic) bond motifs is 1. The van der Waals surface area contributed by atoms with Crippen LogP contribution in [0.2, 0.25) is 0 Å². The van der Waals surface area contributed by atoms with Crippen molar-refractivity contribution in [2.45, 2.75) is 51.2 Å². The van der Waals surface area contributed by atoms with E-state index in [1.807, 2.05) is 20.8 Å². The zero-order valence-corrected chi connectivity index (χ0v) is 10.4. The quantitative estimate of drug-likeness (QED) is 0.772. The first-order valence-electron chi connectivity index (χ1n) is 5.95. The first kappa shape index (κ1) is 12.2. The number of hydrogen-bond acceptors (Lipinski definition) is 3. The predicted octanol–water partition coefficient (Wildman–Crippen LogP) is 1.76. The SMILES string of the molecule is CC(C)(C)OC(=O)NC12CC(C1)C(C(=O)O)C2. The molecule has 0 saturated heterocycles. The molecule has 5 heteroatoms. The number of hydrogen-bond donors (Lipinski definition) is 2. The maximum absolute atomic E-state index is 11.6. The predicted molar refractivity (Wildman–Crippen MR) is 60.6 cm³/mol. The van der Waals surface area contributed by atoms with Crippen LogP contribution in [0.5, 0.6) is 0 Å². The van der Waals surface area contributed by atoms with Crippen LogP contribution in [-0.2, 0) is 9.53 Å². The summed E-state index contributed by atoms with van der Waals surface area (Å²) in [5, 5.41) is 11.8. The van der Waals surface area contributed by atoms with Gasteiger partial charge in [-0.1, -0.05) is 0 Å². The van der Waals surface area contributed by atoms with Gasteiger partial charge in [-0.05, 0) is 46.0 Å². The van der Waals surface area contributed by atoms with Crippen LogP contribution in [0.15, 0.2) is 0 Å². The highest BCUT2D eigenvalue weighted by Crippen LogP contribution is 2.55. The van der Waals surface area contributed by atoms with Gasteiger partial charge in [0.2, 0.25) is 0 Å². The Balaban J connectivity index is 1.90. The monoisotopic (exact) mass is 241 g/mol. The smallest absolute Gasteiger partial charge is 0.408 e. The van der Waals surface area contributed by atoms with Crippen molar-refractivity contribution in [2.75, 3.05) is 0 Å².